The molecule has 0 aromatic carbocycles. The molecule has 1 aliphatic rings. The number of nitrogens with zero attached hydrogens (tertiary/aromatic N) is 4. The fraction of sp³-hybridized carbons (Fsp3) is 0.538. The molecule has 3 rings (SSSR count). The monoisotopic (exact) mass is 308 g/mol. The predicted octanol–water partition coefficient (Wildman–Crippen LogP) is 3.12. The minimum atomic E-state index is 0.862. The van der Waals surface area contributed by atoms with Gasteiger partial charge in [-0.25, -0.2) is 9.97 Å². The summed E-state index contributed by atoms with van der Waals surface area (Å²) in [6.45, 7) is 4.46. The molecule has 0 bridgehead atoms. The highest BCUT2D eigenvalue weighted by atomic mass is 79.9. The molecule has 5 heteroatoms. The normalized spacial score (nSPS) is 17.6. The number of piperidine rings is 1. The van der Waals surface area contributed by atoms with E-state index in [0.29, 0.717) is 0 Å². The van der Waals surface area contributed by atoms with Crippen LogP contribution in [0, 0.1) is 5.92 Å². The van der Waals surface area contributed by atoms with Crippen molar-refractivity contribution in [2.75, 3.05) is 18.0 Å². The Morgan fingerprint density at radius 3 is 2.89 bits per heavy atom. The number of rotatable bonds is 2. The van der Waals surface area contributed by atoms with Gasteiger partial charge in [0.2, 0.25) is 0 Å². The molecule has 0 amide bonds. The van der Waals surface area contributed by atoms with Crippen molar-refractivity contribution < 1.29 is 0 Å². The lowest BCUT2D eigenvalue weighted by molar-refractivity contribution is 0.394. The smallest absolute Gasteiger partial charge is 0.180 e. The molecule has 18 heavy (non-hydrogen) atoms. The van der Waals surface area contributed by atoms with Crippen LogP contribution < -0.4 is 4.90 Å². The first kappa shape index (κ1) is 12.0. The van der Waals surface area contributed by atoms with E-state index >= 15 is 0 Å². The number of anilines is 1. The molecule has 2 aromatic rings. The van der Waals surface area contributed by atoms with Gasteiger partial charge >= 0.3 is 0 Å². The van der Waals surface area contributed by atoms with E-state index in [-0.39, 0.29) is 0 Å². The second kappa shape index (κ2) is 4.88. The second-order valence-electron chi connectivity index (χ2n) is 4.88. The van der Waals surface area contributed by atoms with Gasteiger partial charge in [0, 0.05) is 31.7 Å². The summed E-state index contributed by atoms with van der Waals surface area (Å²) in [6.07, 6.45) is 9.55. The fourth-order valence-electron chi connectivity index (χ4n) is 2.65. The topological polar surface area (TPSA) is 33.4 Å². The Hall–Kier alpha value is -1.10. The van der Waals surface area contributed by atoms with Gasteiger partial charge in [-0.1, -0.05) is 13.3 Å². The van der Waals surface area contributed by atoms with Crippen LogP contribution in [0.25, 0.3) is 5.65 Å². The summed E-state index contributed by atoms with van der Waals surface area (Å²) in [7, 11) is 0. The Bertz CT molecular complexity index is 543. The molecule has 3 heterocycles. The lowest BCUT2D eigenvalue weighted by atomic mass is 9.94. The molecule has 0 radical (unpaired) electrons. The third-order valence-electron chi connectivity index (χ3n) is 3.82. The molecule has 0 saturated carbocycles. The highest BCUT2D eigenvalue weighted by molar-refractivity contribution is 9.10. The molecule has 1 aliphatic heterocycles. The van der Waals surface area contributed by atoms with Crippen molar-refractivity contribution in [2.45, 2.75) is 26.2 Å². The average molecular weight is 309 g/mol. The van der Waals surface area contributed by atoms with Gasteiger partial charge in [0.05, 0.1) is 0 Å². The lowest BCUT2D eigenvalue weighted by Crippen LogP contribution is -2.34. The molecule has 96 valence electrons. The van der Waals surface area contributed by atoms with Crippen LogP contribution in [0.4, 0.5) is 5.82 Å². The van der Waals surface area contributed by atoms with Crippen molar-refractivity contribution in [1.82, 2.24) is 14.4 Å². The maximum Gasteiger partial charge on any atom is 0.180 e. The molecule has 0 spiro atoms. The summed E-state index contributed by atoms with van der Waals surface area (Å²) in [5.41, 5.74) is 0.952. The molecule has 0 aliphatic carbocycles. The highest BCUT2D eigenvalue weighted by Crippen LogP contribution is 2.27. The SMILES string of the molecule is CCC1CCN(c2nc(Br)cn3ccnc23)CC1. The average Bonchev–Trinajstić information content (AvgIpc) is 2.86. The molecular weight excluding hydrogens is 292 g/mol. The van der Waals surface area contributed by atoms with Gasteiger partial charge < -0.3 is 9.30 Å². The number of hydrogen-bond acceptors (Lipinski definition) is 3. The maximum absolute atomic E-state index is 4.61. The van der Waals surface area contributed by atoms with Crippen molar-refractivity contribution in [3.05, 3.63) is 23.2 Å². The molecular formula is C13H17BrN4. The first-order chi connectivity index (χ1) is 8.78. The van der Waals surface area contributed by atoms with Crippen molar-refractivity contribution >= 4 is 27.4 Å². The van der Waals surface area contributed by atoms with Crippen molar-refractivity contribution in [3.63, 3.8) is 0 Å². The van der Waals surface area contributed by atoms with Gasteiger partial charge in [0.15, 0.2) is 11.5 Å². The third-order valence-corrected chi connectivity index (χ3v) is 4.20. The standard InChI is InChI=1S/C13H17BrN4/c1-2-10-3-6-17(7-4-10)13-12-15-5-8-18(12)9-11(14)16-13/h5,8-10H,2-4,6-7H2,1H3. The summed E-state index contributed by atoms with van der Waals surface area (Å²) in [5.74, 6) is 1.88. The van der Waals surface area contributed by atoms with E-state index in [4.69, 9.17) is 0 Å². The van der Waals surface area contributed by atoms with Crippen molar-refractivity contribution in [1.29, 1.82) is 0 Å². The maximum atomic E-state index is 4.61. The largest absolute Gasteiger partial charge is 0.353 e. The van der Waals surface area contributed by atoms with Crippen LogP contribution in [0.15, 0.2) is 23.2 Å². The number of fused-ring (bicyclic) bond motifs is 1. The van der Waals surface area contributed by atoms with Gasteiger partial charge in [0.25, 0.3) is 0 Å². The Morgan fingerprint density at radius 1 is 1.39 bits per heavy atom. The number of imidazole rings is 1. The molecule has 0 atom stereocenters. The summed E-state index contributed by atoms with van der Waals surface area (Å²) < 4.78 is 2.89. The quantitative estimate of drug-likeness (QED) is 0.854. The molecule has 4 nitrogen and oxygen atoms in total. The Morgan fingerprint density at radius 2 is 2.17 bits per heavy atom. The zero-order valence-corrected chi connectivity index (χ0v) is 12.1. The molecule has 0 N–H and O–H groups in total. The molecule has 1 fully saturated rings. The van der Waals surface area contributed by atoms with Gasteiger partial charge in [-0.3, -0.25) is 0 Å². The van der Waals surface area contributed by atoms with E-state index in [2.05, 4.69) is 37.7 Å². The van der Waals surface area contributed by atoms with Gasteiger partial charge in [-0.05, 0) is 34.7 Å². The van der Waals surface area contributed by atoms with E-state index in [1.165, 1.54) is 19.3 Å². The zero-order chi connectivity index (χ0) is 12.5. The predicted molar refractivity (Wildman–Crippen MR) is 75.9 cm³/mol. The summed E-state index contributed by atoms with van der Waals surface area (Å²) in [6, 6.07) is 0. The summed E-state index contributed by atoms with van der Waals surface area (Å²) in [5, 5.41) is 0. The van der Waals surface area contributed by atoms with Gasteiger partial charge in [0.1, 0.15) is 4.60 Å². The summed E-state index contributed by atoms with van der Waals surface area (Å²) in [4.78, 5) is 11.4. The Kier molecular flexibility index (Phi) is 3.24. The van der Waals surface area contributed by atoms with E-state index in [0.717, 1.165) is 35.1 Å². The number of halogens is 1. The van der Waals surface area contributed by atoms with Crippen LogP contribution in [0.1, 0.15) is 26.2 Å². The highest BCUT2D eigenvalue weighted by Gasteiger charge is 2.21. The zero-order valence-electron chi connectivity index (χ0n) is 10.5. The van der Waals surface area contributed by atoms with Gasteiger partial charge in [-0.15, -0.1) is 0 Å². The van der Waals surface area contributed by atoms with Crippen LogP contribution >= 0.6 is 15.9 Å². The Balaban J connectivity index is 1.92. The van der Waals surface area contributed by atoms with E-state index in [1.807, 2.05) is 23.0 Å². The minimum absolute atomic E-state index is 0.862. The van der Waals surface area contributed by atoms with Crippen molar-refractivity contribution in [3.8, 4) is 0 Å². The lowest BCUT2D eigenvalue weighted by Gasteiger charge is -2.32. The summed E-state index contributed by atoms with van der Waals surface area (Å²) >= 11 is 3.47. The number of aromatic nitrogens is 3. The first-order valence-corrected chi connectivity index (χ1v) is 7.31. The molecule has 0 unspecified atom stereocenters. The van der Waals surface area contributed by atoms with E-state index in [9.17, 15) is 0 Å². The number of hydrogen-bond donors (Lipinski definition) is 0. The Labute approximate surface area is 115 Å². The molecule has 2 aromatic heterocycles. The van der Waals surface area contributed by atoms with Crippen molar-refractivity contribution in [2.24, 2.45) is 5.92 Å². The second-order valence-corrected chi connectivity index (χ2v) is 5.70. The van der Waals surface area contributed by atoms with E-state index < -0.39 is 0 Å². The van der Waals surface area contributed by atoms with Crippen LogP contribution in [-0.4, -0.2) is 27.5 Å². The van der Waals surface area contributed by atoms with Crippen LogP contribution in [0.5, 0.6) is 0 Å². The molecule has 1 saturated heterocycles. The van der Waals surface area contributed by atoms with E-state index in [1.54, 1.807) is 0 Å². The fourth-order valence-corrected chi connectivity index (χ4v) is 3.04. The van der Waals surface area contributed by atoms with Crippen LogP contribution in [0.3, 0.4) is 0 Å². The third kappa shape index (κ3) is 2.11. The first-order valence-electron chi connectivity index (χ1n) is 6.52. The van der Waals surface area contributed by atoms with Crippen LogP contribution in [0.2, 0.25) is 0 Å². The van der Waals surface area contributed by atoms with Crippen LogP contribution in [-0.2, 0) is 0 Å². The minimum Gasteiger partial charge on any atom is -0.353 e. The van der Waals surface area contributed by atoms with Gasteiger partial charge in [-0.2, -0.15) is 0 Å².